The molecule has 0 spiro atoms. The van der Waals surface area contributed by atoms with Gasteiger partial charge in [0.15, 0.2) is 0 Å². The summed E-state index contributed by atoms with van der Waals surface area (Å²) < 4.78 is 35.8. The van der Waals surface area contributed by atoms with E-state index < -0.39 is 12.7 Å². The first-order valence-corrected chi connectivity index (χ1v) is 4.20. The van der Waals surface area contributed by atoms with E-state index >= 15 is 0 Å². The lowest BCUT2D eigenvalue weighted by molar-refractivity contribution is 0.630. The second kappa shape index (κ2) is 3.58. The van der Waals surface area contributed by atoms with E-state index in [1.807, 2.05) is 0 Å². The van der Waals surface area contributed by atoms with Crippen LogP contribution < -0.4 is 0 Å². The van der Waals surface area contributed by atoms with Gasteiger partial charge in [0.2, 0.25) is 0 Å². The normalized spacial score (nSPS) is 14.2. The van der Waals surface area contributed by atoms with E-state index in [1.54, 1.807) is 12.1 Å². The van der Waals surface area contributed by atoms with Crippen molar-refractivity contribution in [3.05, 3.63) is 54.0 Å². The van der Waals surface area contributed by atoms with Gasteiger partial charge >= 0.3 is 0 Å². The van der Waals surface area contributed by atoms with Crippen LogP contribution in [0.15, 0.2) is 42.6 Å². The van der Waals surface area contributed by atoms with Crippen LogP contribution in [0.4, 0.5) is 4.39 Å². The van der Waals surface area contributed by atoms with E-state index in [-0.39, 0.29) is 16.8 Å². The number of halogens is 1. The number of hydrogen-bond acceptors (Lipinski definition) is 1. The maximum atomic E-state index is 13.6. The summed E-state index contributed by atoms with van der Waals surface area (Å²) in [5.41, 5.74) is 0.440. The molecule has 14 heavy (non-hydrogen) atoms. The summed E-state index contributed by atoms with van der Waals surface area (Å²) in [5.74, 6) is -0.475. The van der Waals surface area contributed by atoms with Crippen molar-refractivity contribution in [3.63, 3.8) is 0 Å². The second-order valence-electron chi connectivity index (χ2n) is 2.88. The van der Waals surface area contributed by atoms with Gasteiger partial charge in [0.1, 0.15) is 5.82 Å². The van der Waals surface area contributed by atoms with Crippen molar-refractivity contribution in [3.8, 4) is 11.3 Å². The van der Waals surface area contributed by atoms with E-state index in [0.717, 1.165) is 0 Å². The first-order valence-electron chi connectivity index (χ1n) is 5.70. The highest BCUT2D eigenvalue weighted by atomic mass is 19.1. The van der Waals surface area contributed by atoms with Gasteiger partial charge in [0, 0.05) is 15.9 Å². The molecule has 0 aliphatic rings. The molecule has 0 radical (unpaired) electrons. The summed E-state index contributed by atoms with van der Waals surface area (Å²) in [5, 5.41) is 0. The molecule has 2 rings (SSSR count). The van der Waals surface area contributed by atoms with E-state index in [2.05, 4.69) is 4.98 Å². The van der Waals surface area contributed by atoms with E-state index in [0.29, 0.717) is 0 Å². The first-order chi connectivity index (χ1) is 8.00. The van der Waals surface area contributed by atoms with Crippen LogP contribution in [0, 0.1) is 12.7 Å². The van der Waals surface area contributed by atoms with Crippen LogP contribution in [-0.2, 0) is 0 Å². The third kappa shape index (κ3) is 1.51. The largest absolute Gasteiger partial charge is 0.256 e. The van der Waals surface area contributed by atoms with Gasteiger partial charge in [-0.1, -0.05) is 18.2 Å². The standard InChI is InChI=1S/C12H10FN/c1-9-5-4-8-14-12(9)10-6-2-3-7-11(10)13/h2-8H,1H3/i1D3. The molecule has 0 bridgehead atoms. The van der Waals surface area contributed by atoms with Crippen molar-refractivity contribution in [2.45, 2.75) is 6.85 Å². The average Bonchev–Trinajstić information content (AvgIpc) is 2.28. The third-order valence-electron chi connectivity index (χ3n) is 1.94. The van der Waals surface area contributed by atoms with Gasteiger partial charge in [-0.15, -0.1) is 0 Å². The topological polar surface area (TPSA) is 12.9 Å². The fraction of sp³-hybridized carbons (Fsp3) is 0.0833. The number of aryl methyl sites for hydroxylation is 1. The summed E-state index contributed by atoms with van der Waals surface area (Å²) in [7, 11) is 0. The number of hydrogen-bond donors (Lipinski definition) is 0. The highest BCUT2D eigenvalue weighted by molar-refractivity contribution is 5.63. The minimum absolute atomic E-state index is 0.0603. The Morgan fingerprint density at radius 2 is 2.07 bits per heavy atom. The van der Waals surface area contributed by atoms with Gasteiger partial charge in [-0.05, 0) is 30.6 Å². The van der Waals surface area contributed by atoms with Gasteiger partial charge in [0.25, 0.3) is 0 Å². The molecule has 1 aromatic heterocycles. The molecule has 0 N–H and O–H groups in total. The van der Waals surface area contributed by atoms with Crippen LogP contribution in [-0.4, -0.2) is 4.98 Å². The third-order valence-corrected chi connectivity index (χ3v) is 1.94. The molecule has 1 heterocycles. The van der Waals surface area contributed by atoms with Crippen molar-refractivity contribution in [1.29, 1.82) is 0 Å². The fourth-order valence-corrected chi connectivity index (χ4v) is 1.27. The van der Waals surface area contributed by atoms with E-state index in [4.69, 9.17) is 4.11 Å². The summed E-state index contributed by atoms with van der Waals surface area (Å²) >= 11 is 0. The van der Waals surface area contributed by atoms with Crippen molar-refractivity contribution < 1.29 is 8.50 Å². The van der Waals surface area contributed by atoms with Gasteiger partial charge in [-0.2, -0.15) is 0 Å². The molecule has 0 saturated heterocycles. The Balaban J connectivity index is 2.65. The lowest BCUT2D eigenvalue weighted by Crippen LogP contribution is -1.89. The monoisotopic (exact) mass is 190 g/mol. The summed E-state index contributed by atoms with van der Waals surface area (Å²) in [6.07, 6.45) is 1.46. The Kier molecular flexibility index (Phi) is 1.51. The lowest BCUT2D eigenvalue weighted by atomic mass is 10.1. The van der Waals surface area contributed by atoms with Crippen LogP contribution in [0.5, 0.6) is 0 Å². The molecule has 0 aliphatic heterocycles. The zero-order valence-corrected chi connectivity index (χ0v) is 7.37. The summed E-state index contributed by atoms with van der Waals surface area (Å²) in [4.78, 5) is 3.98. The Labute approximate surface area is 86.5 Å². The van der Waals surface area contributed by atoms with Gasteiger partial charge in [0.05, 0.1) is 5.69 Å². The minimum atomic E-state index is -2.30. The zero-order chi connectivity index (χ0) is 12.5. The SMILES string of the molecule is [2H]C([2H])([2H])c1cccnc1-c1ccccc1F. The molecule has 0 aliphatic carbocycles. The van der Waals surface area contributed by atoms with Gasteiger partial charge < -0.3 is 0 Å². The molecule has 0 amide bonds. The van der Waals surface area contributed by atoms with Crippen LogP contribution in [0.2, 0.25) is 0 Å². The maximum absolute atomic E-state index is 13.6. The zero-order valence-electron chi connectivity index (χ0n) is 10.4. The number of nitrogens with zero attached hydrogens (tertiary/aromatic N) is 1. The van der Waals surface area contributed by atoms with Crippen LogP contribution in [0.3, 0.4) is 0 Å². The number of aromatic nitrogens is 1. The molecule has 0 unspecified atom stereocenters. The van der Waals surface area contributed by atoms with Crippen molar-refractivity contribution in [2.75, 3.05) is 0 Å². The molecule has 1 nitrogen and oxygen atoms in total. The molecule has 1 aromatic carbocycles. The maximum Gasteiger partial charge on any atom is 0.132 e. The number of pyridine rings is 1. The lowest BCUT2D eigenvalue weighted by Gasteiger charge is -2.04. The molecule has 2 aromatic rings. The quantitative estimate of drug-likeness (QED) is 0.673. The second-order valence-corrected chi connectivity index (χ2v) is 2.88. The van der Waals surface area contributed by atoms with Crippen LogP contribution in [0.1, 0.15) is 9.68 Å². The first kappa shape index (κ1) is 5.91. The molecule has 70 valence electrons. The molecule has 2 heteroatoms. The molecule has 0 saturated carbocycles. The summed E-state index contributed by atoms with van der Waals surface area (Å²) in [6.45, 7) is -2.30. The Morgan fingerprint density at radius 3 is 2.86 bits per heavy atom. The van der Waals surface area contributed by atoms with Crippen LogP contribution in [0.25, 0.3) is 11.3 Å². The molecule has 0 atom stereocenters. The highest BCUT2D eigenvalue weighted by Crippen LogP contribution is 2.22. The van der Waals surface area contributed by atoms with E-state index in [9.17, 15) is 4.39 Å². The average molecular weight is 190 g/mol. The predicted octanol–water partition coefficient (Wildman–Crippen LogP) is 3.20. The molecular weight excluding hydrogens is 177 g/mol. The fourth-order valence-electron chi connectivity index (χ4n) is 1.27. The summed E-state index contributed by atoms with van der Waals surface area (Å²) in [6, 6.07) is 8.99. The Morgan fingerprint density at radius 1 is 1.21 bits per heavy atom. The van der Waals surface area contributed by atoms with Crippen molar-refractivity contribution >= 4 is 0 Å². The van der Waals surface area contributed by atoms with Crippen LogP contribution >= 0.6 is 0 Å². The number of rotatable bonds is 1. The number of benzene rings is 1. The van der Waals surface area contributed by atoms with Crippen molar-refractivity contribution in [2.24, 2.45) is 0 Å². The smallest absolute Gasteiger partial charge is 0.132 e. The van der Waals surface area contributed by atoms with Crippen molar-refractivity contribution in [1.82, 2.24) is 4.98 Å². The minimum Gasteiger partial charge on any atom is -0.256 e. The Bertz CT molecular complexity index is 537. The van der Waals surface area contributed by atoms with Gasteiger partial charge in [-0.3, -0.25) is 4.98 Å². The Hall–Kier alpha value is -1.70. The highest BCUT2D eigenvalue weighted by Gasteiger charge is 2.06. The molecule has 0 fully saturated rings. The predicted molar refractivity (Wildman–Crippen MR) is 54.4 cm³/mol. The van der Waals surface area contributed by atoms with Gasteiger partial charge in [-0.25, -0.2) is 4.39 Å². The van der Waals surface area contributed by atoms with E-state index in [1.165, 1.54) is 30.5 Å². The molecular formula is C12H10FN.